The average Bonchev–Trinajstić information content (AvgIpc) is 3.45. The van der Waals surface area contributed by atoms with Gasteiger partial charge in [-0.1, -0.05) is 61.9 Å². The van der Waals surface area contributed by atoms with Gasteiger partial charge in [0.2, 0.25) is 5.91 Å². The lowest BCUT2D eigenvalue weighted by Crippen LogP contribution is -2.42. The van der Waals surface area contributed by atoms with Crippen LogP contribution in [0.3, 0.4) is 0 Å². The first kappa shape index (κ1) is 49.5. The number of aliphatic carboxylic acids is 3. The lowest BCUT2D eigenvalue weighted by atomic mass is 9.70. The largest absolute Gasteiger partial charge is 0.481 e. The summed E-state index contributed by atoms with van der Waals surface area (Å²) in [6, 6.07) is 15.7. The van der Waals surface area contributed by atoms with Gasteiger partial charge in [-0.05, 0) is 76.5 Å². The van der Waals surface area contributed by atoms with Crippen LogP contribution in [0.4, 0.5) is 0 Å². The topological polar surface area (TPSA) is 253 Å². The predicted octanol–water partition coefficient (Wildman–Crippen LogP) is 4.84. The van der Waals surface area contributed by atoms with Crippen molar-refractivity contribution in [2.24, 2.45) is 47.3 Å². The summed E-state index contributed by atoms with van der Waals surface area (Å²) in [5.74, 6) is -20.2. The zero-order valence-corrected chi connectivity index (χ0v) is 36.0. The van der Waals surface area contributed by atoms with E-state index in [9.17, 15) is 62.1 Å². The SMILES string of the molecule is CCC(CC1C(=O)OC(=O)C1CC(C(C)=O)C(CC(C(=O)O)C(CC(C(=O)O)C(C)C(=O)NCCSCCS(=O)(=O)c1ccc(C)cc1)C(C)=O)C(=O)O)c1ccccc1. The van der Waals surface area contributed by atoms with E-state index in [0.29, 0.717) is 12.2 Å². The molecule has 60 heavy (non-hydrogen) atoms. The summed E-state index contributed by atoms with van der Waals surface area (Å²) in [5, 5.41) is 33.6. The minimum absolute atomic E-state index is 0.0533. The van der Waals surface area contributed by atoms with Gasteiger partial charge in [-0.15, -0.1) is 0 Å². The number of esters is 2. The third-order valence-corrected chi connectivity index (χ3v) is 14.5. The van der Waals surface area contributed by atoms with Gasteiger partial charge in [-0.2, -0.15) is 11.8 Å². The van der Waals surface area contributed by atoms with Gasteiger partial charge >= 0.3 is 29.8 Å². The molecule has 17 heteroatoms. The van der Waals surface area contributed by atoms with E-state index < -0.39 is 124 Å². The maximum absolute atomic E-state index is 13.2. The summed E-state index contributed by atoms with van der Waals surface area (Å²) in [6.07, 6.45) is -1.13. The van der Waals surface area contributed by atoms with Crippen molar-refractivity contribution in [3.63, 3.8) is 0 Å². The molecule has 2 aromatic carbocycles. The van der Waals surface area contributed by atoms with E-state index in [-0.39, 0.29) is 35.3 Å². The Labute approximate surface area is 354 Å². The van der Waals surface area contributed by atoms with Crippen molar-refractivity contribution in [2.75, 3.05) is 23.8 Å². The third kappa shape index (κ3) is 13.6. The molecule has 2 aromatic rings. The molecule has 1 aliphatic rings. The zero-order chi connectivity index (χ0) is 44.9. The van der Waals surface area contributed by atoms with Gasteiger partial charge in [0, 0.05) is 35.8 Å². The number of carbonyl (C=O) groups excluding carboxylic acids is 5. The normalized spacial score (nSPS) is 18.9. The molecule has 1 saturated heterocycles. The Bertz CT molecular complexity index is 1980. The maximum atomic E-state index is 13.2. The van der Waals surface area contributed by atoms with Crippen LogP contribution in [0, 0.1) is 54.3 Å². The summed E-state index contributed by atoms with van der Waals surface area (Å²) < 4.78 is 30.2. The summed E-state index contributed by atoms with van der Waals surface area (Å²) in [5.41, 5.74) is 1.82. The Hall–Kier alpha value is -4.90. The number of carboxylic acids is 3. The highest BCUT2D eigenvalue weighted by Gasteiger charge is 2.49. The number of ether oxygens (including phenoxy) is 1. The van der Waals surface area contributed by atoms with Crippen LogP contribution in [0.1, 0.15) is 76.8 Å². The highest BCUT2D eigenvalue weighted by atomic mass is 32.2. The Morgan fingerprint density at radius 2 is 1.25 bits per heavy atom. The molecule has 0 spiro atoms. The van der Waals surface area contributed by atoms with Crippen LogP contribution < -0.4 is 5.32 Å². The highest BCUT2D eigenvalue weighted by molar-refractivity contribution is 8.00. The smallest absolute Gasteiger partial charge is 0.317 e. The summed E-state index contributed by atoms with van der Waals surface area (Å²) in [6.45, 7) is 7.21. The molecule has 1 aliphatic heterocycles. The van der Waals surface area contributed by atoms with Crippen molar-refractivity contribution >= 4 is 68.9 Å². The number of thioether (sulfide) groups is 1. The van der Waals surface area contributed by atoms with E-state index in [0.717, 1.165) is 25.0 Å². The van der Waals surface area contributed by atoms with Crippen LogP contribution in [-0.2, 0) is 52.9 Å². The fourth-order valence-electron chi connectivity index (χ4n) is 7.84. The number of sulfone groups is 1. The van der Waals surface area contributed by atoms with Gasteiger partial charge in [-0.3, -0.25) is 38.4 Å². The molecular formula is C43H55NO14S2. The first-order chi connectivity index (χ1) is 28.2. The van der Waals surface area contributed by atoms with E-state index in [1.165, 1.54) is 30.8 Å². The second kappa shape index (κ2) is 22.6. The molecule has 9 atom stereocenters. The van der Waals surface area contributed by atoms with Crippen molar-refractivity contribution in [1.29, 1.82) is 0 Å². The number of benzene rings is 2. The predicted molar refractivity (Wildman–Crippen MR) is 220 cm³/mol. The third-order valence-electron chi connectivity index (χ3n) is 11.5. The number of ketones is 2. The number of aryl methyl sites for hydroxylation is 1. The molecule has 1 amide bonds. The van der Waals surface area contributed by atoms with Gasteiger partial charge in [0.05, 0.1) is 40.2 Å². The van der Waals surface area contributed by atoms with Crippen LogP contribution in [0.25, 0.3) is 0 Å². The monoisotopic (exact) mass is 873 g/mol. The van der Waals surface area contributed by atoms with Crippen molar-refractivity contribution in [2.45, 2.75) is 77.5 Å². The van der Waals surface area contributed by atoms with Crippen LogP contribution >= 0.6 is 11.8 Å². The fourth-order valence-corrected chi connectivity index (χ4v) is 10.4. The summed E-state index contributed by atoms with van der Waals surface area (Å²) in [4.78, 5) is 104. The van der Waals surface area contributed by atoms with Gasteiger partial charge in [0.1, 0.15) is 11.6 Å². The zero-order valence-electron chi connectivity index (χ0n) is 34.4. The molecule has 15 nitrogen and oxygen atoms in total. The van der Waals surface area contributed by atoms with E-state index >= 15 is 0 Å². The number of carbonyl (C=O) groups is 8. The van der Waals surface area contributed by atoms with Gasteiger partial charge in [-0.25, -0.2) is 8.42 Å². The molecule has 1 fully saturated rings. The van der Waals surface area contributed by atoms with Crippen LogP contribution in [-0.4, -0.2) is 94.9 Å². The maximum Gasteiger partial charge on any atom is 0.317 e. The molecule has 0 bridgehead atoms. The number of hydrogen-bond donors (Lipinski definition) is 4. The van der Waals surface area contributed by atoms with E-state index in [1.807, 2.05) is 44.2 Å². The van der Waals surface area contributed by atoms with Crippen LogP contribution in [0.15, 0.2) is 59.5 Å². The first-order valence-corrected chi connectivity index (χ1v) is 22.6. The lowest BCUT2D eigenvalue weighted by Gasteiger charge is -2.31. The molecule has 4 N–H and O–H groups in total. The van der Waals surface area contributed by atoms with E-state index in [1.54, 1.807) is 12.1 Å². The van der Waals surface area contributed by atoms with Crippen molar-refractivity contribution in [1.82, 2.24) is 5.32 Å². The Kier molecular flexibility index (Phi) is 18.7. The summed E-state index contributed by atoms with van der Waals surface area (Å²) in [7, 11) is -3.52. The minimum atomic E-state index is -3.52. The highest BCUT2D eigenvalue weighted by Crippen LogP contribution is 2.41. The molecule has 0 aliphatic carbocycles. The number of amides is 1. The number of Topliss-reactive ketones (excluding diaryl/α,β-unsaturated/α-hetero) is 2. The van der Waals surface area contributed by atoms with Gasteiger partial charge in [0.25, 0.3) is 0 Å². The average molecular weight is 874 g/mol. The second-order valence-corrected chi connectivity index (χ2v) is 18.8. The van der Waals surface area contributed by atoms with Crippen LogP contribution in [0.5, 0.6) is 0 Å². The molecule has 3 rings (SSSR count). The molecule has 9 unspecified atom stereocenters. The molecule has 0 saturated carbocycles. The number of carboxylic acid groups (broad SMARTS) is 3. The van der Waals surface area contributed by atoms with E-state index in [2.05, 4.69) is 5.32 Å². The number of nitrogens with one attached hydrogen (secondary N) is 1. The molecule has 0 aromatic heterocycles. The number of hydrogen-bond acceptors (Lipinski definition) is 12. The quantitative estimate of drug-likeness (QED) is 0.0561. The first-order valence-electron chi connectivity index (χ1n) is 19.8. The Morgan fingerprint density at radius 3 is 1.77 bits per heavy atom. The standard InChI is InChI=1S/C43H55NO14S2/c1-6-28(29-10-8-7-9-11-29)20-36-37(43(55)58-42(36)54)22-33(27(5)46)35(41(52)53)23-34(40(50)51)32(26(4)45)21-31(39(48)49)25(3)38(47)44-16-17-59-18-19-60(56,57)30-14-12-24(2)13-15-30/h7-15,25,28,31-37H,6,16-23H2,1-5H3,(H,44,47)(H,48,49)(H,50,51)(H,52,53). The number of cyclic esters (lactones) is 2. The van der Waals surface area contributed by atoms with Crippen molar-refractivity contribution in [3.8, 4) is 0 Å². The molecule has 1 heterocycles. The second-order valence-electron chi connectivity index (χ2n) is 15.5. The Balaban J connectivity index is 1.73. The molecule has 0 radical (unpaired) electrons. The molecular weight excluding hydrogens is 819 g/mol. The summed E-state index contributed by atoms with van der Waals surface area (Å²) >= 11 is 1.26. The van der Waals surface area contributed by atoms with Gasteiger partial charge < -0.3 is 25.4 Å². The lowest BCUT2D eigenvalue weighted by molar-refractivity contribution is -0.156. The minimum Gasteiger partial charge on any atom is -0.481 e. The van der Waals surface area contributed by atoms with Crippen LogP contribution in [0.2, 0.25) is 0 Å². The van der Waals surface area contributed by atoms with Gasteiger partial charge in [0.15, 0.2) is 9.84 Å². The number of rotatable bonds is 26. The van der Waals surface area contributed by atoms with Crippen molar-refractivity contribution in [3.05, 3.63) is 65.7 Å². The fraction of sp³-hybridized carbons (Fsp3) is 0.535. The molecule has 328 valence electrons. The van der Waals surface area contributed by atoms with E-state index in [4.69, 9.17) is 4.74 Å². The van der Waals surface area contributed by atoms with Crippen molar-refractivity contribution < 1.29 is 66.8 Å². The Morgan fingerprint density at radius 1 is 0.733 bits per heavy atom.